The van der Waals surface area contributed by atoms with E-state index in [9.17, 15) is 14.4 Å². The Bertz CT molecular complexity index is 830. The summed E-state index contributed by atoms with van der Waals surface area (Å²) in [7, 11) is 0. The minimum absolute atomic E-state index is 0.150. The molecule has 2 rings (SSSR count). The van der Waals surface area contributed by atoms with Gasteiger partial charge in [-0.2, -0.15) is 0 Å². The molecule has 0 saturated carbocycles. The van der Waals surface area contributed by atoms with Crippen molar-refractivity contribution in [3.63, 3.8) is 0 Å². The van der Waals surface area contributed by atoms with Gasteiger partial charge in [-0.25, -0.2) is 4.79 Å². The van der Waals surface area contributed by atoms with Crippen molar-refractivity contribution >= 4 is 17.5 Å². The lowest BCUT2D eigenvalue weighted by molar-refractivity contribution is 0.0469. The Morgan fingerprint density at radius 3 is 2.27 bits per heavy atom. The highest BCUT2D eigenvalue weighted by Crippen LogP contribution is 2.25. The maximum Gasteiger partial charge on any atom is 0.355 e. The summed E-state index contributed by atoms with van der Waals surface area (Å²) >= 11 is 0. The molecular weight excluding hydrogens is 330 g/mol. The van der Waals surface area contributed by atoms with E-state index < -0.39 is 5.97 Å². The van der Waals surface area contributed by atoms with Crippen LogP contribution in [0.2, 0.25) is 0 Å². The van der Waals surface area contributed by atoms with E-state index in [0.717, 1.165) is 5.56 Å². The monoisotopic (exact) mass is 355 g/mol. The van der Waals surface area contributed by atoms with Gasteiger partial charge in [0.25, 0.3) is 0 Å². The predicted molar refractivity (Wildman–Crippen MR) is 100 cm³/mol. The van der Waals surface area contributed by atoms with Crippen LogP contribution in [0.5, 0.6) is 0 Å². The van der Waals surface area contributed by atoms with Gasteiger partial charge in [0.15, 0.2) is 12.4 Å². The normalized spacial score (nSPS) is 11.0. The first-order valence-corrected chi connectivity index (χ1v) is 8.74. The minimum atomic E-state index is -0.657. The van der Waals surface area contributed by atoms with Gasteiger partial charge in [0.2, 0.25) is 5.78 Å². The molecule has 0 aliphatic carbocycles. The molecule has 0 bridgehead atoms. The van der Waals surface area contributed by atoms with Crippen molar-refractivity contribution < 1.29 is 19.1 Å². The zero-order chi connectivity index (χ0) is 19.4. The summed E-state index contributed by atoms with van der Waals surface area (Å²) in [6.07, 6.45) is 1.45. The number of hydrogen-bond acceptors (Lipinski definition) is 4. The van der Waals surface area contributed by atoms with Crippen molar-refractivity contribution in [3.8, 4) is 0 Å². The molecule has 138 valence electrons. The van der Waals surface area contributed by atoms with E-state index in [0.29, 0.717) is 17.0 Å². The van der Waals surface area contributed by atoms with Crippen molar-refractivity contribution in [3.05, 3.63) is 58.4 Å². The zero-order valence-corrected chi connectivity index (χ0v) is 15.9. The van der Waals surface area contributed by atoms with Crippen LogP contribution in [0.1, 0.15) is 88.8 Å². The lowest BCUT2D eigenvalue weighted by Crippen LogP contribution is -2.16. The third-order valence-corrected chi connectivity index (χ3v) is 4.31. The highest BCUT2D eigenvalue weighted by atomic mass is 16.5. The Balaban J connectivity index is 2.11. The van der Waals surface area contributed by atoms with Crippen LogP contribution in [0.25, 0.3) is 0 Å². The Kier molecular flexibility index (Phi) is 6.14. The van der Waals surface area contributed by atoms with Crippen LogP contribution in [-0.4, -0.2) is 29.1 Å². The molecule has 5 nitrogen and oxygen atoms in total. The van der Waals surface area contributed by atoms with Gasteiger partial charge in [0.05, 0.1) is 0 Å². The van der Waals surface area contributed by atoms with Gasteiger partial charge in [-0.1, -0.05) is 45.9 Å². The molecule has 0 atom stereocenters. The number of carbonyl (C=O) groups excluding carboxylic acids is 3. The summed E-state index contributed by atoms with van der Waals surface area (Å²) in [5.41, 5.74) is 3.26. The molecule has 2 aromatic rings. The number of ketones is 2. The fourth-order valence-electron chi connectivity index (χ4n) is 2.67. The SMILES string of the molecule is CC(=O)c1c[nH]c(C(=O)OCC(=O)c2ccc(C(C)C)cc2C(C)C)c1. The molecule has 1 aromatic heterocycles. The number of Topliss-reactive ketones (excluding diaryl/α,β-unsaturated/α-hetero) is 2. The second kappa shape index (κ2) is 8.13. The van der Waals surface area contributed by atoms with Crippen LogP contribution < -0.4 is 0 Å². The van der Waals surface area contributed by atoms with Crippen LogP contribution in [0.15, 0.2) is 30.5 Å². The lowest BCUT2D eigenvalue weighted by Gasteiger charge is -2.15. The van der Waals surface area contributed by atoms with Crippen LogP contribution in [0, 0.1) is 0 Å². The Morgan fingerprint density at radius 1 is 1.04 bits per heavy atom. The van der Waals surface area contributed by atoms with Crippen molar-refractivity contribution in [2.75, 3.05) is 6.61 Å². The number of esters is 1. The number of benzene rings is 1. The van der Waals surface area contributed by atoms with Gasteiger partial charge in [-0.05, 0) is 36.0 Å². The number of aromatic amines is 1. The average Bonchev–Trinajstić information content (AvgIpc) is 3.09. The fraction of sp³-hybridized carbons (Fsp3) is 0.381. The summed E-state index contributed by atoms with van der Waals surface area (Å²) in [4.78, 5) is 38.6. The van der Waals surface area contributed by atoms with Crippen molar-refractivity contribution in [2.45, 2.75) is 46.5 Å². The topological polar surface area (TPSA) is 76.2 Å². The standard InChI is InChI=1S/C21H25NO4/c1-12(2)15-6-7-17(18(8-15)13(3)4)20(24)11-26-21(25)19-9-16(10-22-19)14(5)23/h6-10,12-13,22H,11H2,1-5H3. The molecular formula is C21H25NO4. The Hall–Kier alpha value is -2.69. The summed E-state index contributed by atoms with van der Waals surface area (Å²) in [6.45, 7) is 9.35. The molecule has 1 N–H and O–H groups in total. The molecule has 0 saturated heterocycles. The molecule has 0 unspecified atom stereocenters. The fourth-order valence-corrected chi connectivity index (χ4v) is 2.67. The van der Waals surface area contributed by atoms with Gasteiger partial charge in [0.1, 0.15) is 5.69 Å². The maximum atomic E-state index is 12.6. The minimum Gasteiger partial charge on any atom is -0.453 e. The molecule has 0 spiro atoms. The molecule has 0 aliphatic heterocycles. The predicted octanol–water partition coefficient (Wildman–Crippen LogP) is 4.50. The number of ether oxygens (including phenoxy) is 1. The number of nitrogens with one attached hydrogen (secondary N) is 1. The van der Waals surface area contributed by atoms with Crippen LogP contribution in [0.3, 0.4) is 0 Å². The van der Waals surface area contributed by atoms with Gasteiger partial charge < -0.3 is 9.72 Å². The van der Waals surface area contributed by atoms with Crippen molar-refractivity contribution in [2.24, 2.45) is 0 Å². The Morgan fingerprint density at radius 2 is 1.73 bits per heavy atom. The summed E-state index contributed by atoms with van der Waals surface area (Å²) in [5.74, 6) is -0.489. The molecule has 0 fully saturated rings. The largest absolute Gasteiger partial charge is 0.453 e. The Labute approximate surface area is 153 Å². The molecule has 5 heteroatoms. The first-order chi connectivity index (χ1) is 12.2. The van der Waals surface area contributed by atoms with E-state index in [4.69, 9.17) is 4.74 Å². The lowest BCUT2D eigenvalue weighted by atomic mass is 9.90. The molecule has 26 heavy (non-hydrogen) atoms. The van der Waals surface area contributed by atoms with Crippen LogP contribution >= 0.6 is 0 Å². The molecule has 1 aromatic carbocycles. The highest BCUT2D eigenvalue weighted by molar-refractivity contribution is 6.01. The maximum absolute atomic E-state index is 12.6. The van der Waals surface area contributed by atoms with Crippen LogP contribution in [-0.2, 0) is 4.74 Å². The first-order valence-electron chi connectivity index (χ1n) is 8.74. The highest BCUT2D eigenvalue weighted by Gasteiger charge is 2.18. The van der Waals surface area contributed by atoms with Gasteiger partial charge in [0, 0.05) is 17.3 Å². The van der Waals surface area contributed by atoms with Crippen LogP contribution in [0.4, 0.5) is 0 Å². The zero-order valence-electron chi connectivity index (χ0n) is 15.9. The summed E-state index contributed by atoms with van der Waals surface area (Å²) < 4.78 is 5.12. The van der Waals surface area contributed by atoms with Gasteiger partial charge >= 0.3 is 5.97 Å². The third-order valence-electron chi connectivity index (χ3n) is 4.31. The van der Waals surface area contributed by atoms with Crippen molar-refractivity contribution in [1.29, 1.82) is 0 Å². The van der Waals surface area contributed by atoms with E-state index in [-0.39, 0.29) is 29.8 Å². The number of carbonyl (C=O) groups is 3. The van der Waals surface area contributed by atoms with Gasteiger partial charge in [-0.3, -0.25) is 9.59 Å². The number of hydrogen-bond donors (Lipinski definition) is 1. The first kappa shape index (κ1) is 19.6. The number of rotatable bonds is 7. The third kappa shape index (κ3) is 4.48. The van der Waals surface area contributed by atoms with E-state index in [1.165, 1.54) is 24.8 Å². The van der Waals surface area contributed by atoms with E-state index >= 15 is 0 Å². The number of aromatic nitrogens is 1. The van der Waals surface area contributed by atoms with E-state index in [2.05, 4.69) is 24.9 Å². The summed E-state index contributed by atoms with van der Waals surface area (Å²) in [6, 6.07) is 7.22. The second-order valence-corrected chi connectivity index (χ2v) is 7.01. The smallest absolute Gasteiger partial charge is 0.355 e. The van der Waals surface area contributed by atoms with Gasteiger partial charge in [-0.15, -0.1) is 0 Å². The van der Waals surface area contributed by atoms with Crippen molar-refractivity contribution in [1.82, 2.24) is 4.98 Å². The second-order valence-electron chi connectivity index (χ2n) is 7.01. The molecule has 0 radical (unpaired) electrons. The summed E-state index contributed by atoms with van der Waals surface area (Å²) in [5, 5.41) is 0. The quantitative estimate of drug-likeness (QED) is 0.586. The van der Waals surface area contributed by atoms with E-state index in [1.54, 1.807) is 0 Å². The van der Waals surface area contributed by atoms with E-state index in [1.807, 2.05) is 26.0 Å². The average molecular weight is 355 g/mol. The molecule has 0 amide bonds. The molecule has 0 aliphatic rings. The number of H-pyrrole nitrogens is 1. The molecule has 1 heterocycles.